The molecular formula is C22H21F2N5OS. The van der Waals surface area contributed by atoms with Crippen LogP contribution < -0.4 is 10.9 Å². The van der Waals surface area contributed by atoms with E-state index in [-0.39, 0.29) is 18.1 Å². The van der Waals surface area contributed by atoms with Crippen LogP contribution in [0.1, 0.15) is 28.0 Å². The molecule has 1 unspecified atom stereocenters. The maximum Gasteiger partial charge on any atom is 0.262 e. The van der Waals surface area contributed by atoms with Crippen LogP contribution in [0.3, 0.4) is 0 Å². The number of hydrogen-bond donors (Lipinski definition) is 1. The van der Waals surface area contributed by atoms with Crippen molar-refractivity contribution in [1.82, 2.24) is 24.6 Å². The van der Waals surface area contributed by atoms with Gasteiger partial charge in [0, 0.05) is 41.8 Å². The summed E-state index contributed by atoms with van der Waals surface area (Å²) in [4.78, 5) is 19.6. The molecule has 1 aliphatic rings. The van der Waals surface area contributed by atoms with Gasteiger partial charge >= 0.3 is 0 Å². The van der Waals surface area contributed by atoms with E-state index in [1.165, 1.54) is 6.07 Å². The van der Waals surface area contributed by atoms with E-state index in [1.54, 1.807) is 33.1 Å². The zero-order valence-electron chi connectivity index (χ0n) is 16.9. The number of rotatable bonds is 5. The standard InChI is InChI=1S/C22H21F2N5OS/c1-28-10-13(8-27-28)11-29-12-26-21-20(22(29)30)17-4-3-16(7-19(17)31-21)25-9-14-6-15(23)2-5-18(14)24/h2,5-6,8,10,12,16,25H,3-4,7,9,11H2,1H3. The highest BCUT2D eigenvalue weighted by Crippen LogP contribution is 2.33. The van der Waals surface area contributed by atoms with E-state index in [0.29, 0.717) is 17.5 Å². The first kappa shape index (κ1) is 20.0. The van der Waals surface area contributed by atoms with E-state index in [2.05, 4.69) is 15.4 Å². The third kappa shape index (κ3) is 3.90. The lowest BCUT2D eigenvalue weighted by Gasteiger charge is -2.23. The zero-order chi connectivity index (χ0) is 21.5. The highest BCUT2D eigenvalue weighted by atomic mass is 32.1. The summed E-state index contributed by atoms with van der Waals surface area (Å²) in [5.74, 6) is -0.854. The first-order chi connectivity index (χ1) is 15.0. The molecule has 1 atom stereocenters. The number of nitrogens with one attached hydrogen (secondary N) is 1. The van der Waals surface area contributed by atoms with Crippen molar-refractivity contribution in [3.63, 3.8) is 0 Å². The molecule has 0 radical (unpaired) electrons. The van der Waals surface area contributed by atoms with Gasteiger partial charge < -0.3 is 5.32 Å². The summed E-state index contributed by atoms with van der Waals surface area (Å²) in [5, 5.41) is 8.20. The molecule has 1 aliphatic carbocycles. The van der Waals surface area contributed by atoms with Crippen molar-refractivity contribution in [2.45, 2.75) is 38.4 Å². The fourth-order valence-corrected chi connectivity index (χ4v) is 5.43. The van der Waals surface area contributed by atoms with E-state index in [1.807, 2.05) is 13.2 Å². The highest BCUT2D eigenvalue weighted by Gasteiger charge is 2.25. The van der Waals surface area contributed by atoms with Gasteiger partial charge in [-0.1, -0.05) is 0 Å². The van der Waals surface area contributed by atoms with Gasteiger partial charge in [-0.2, -0.15) is 5.10 Å². The average Bonchev–Trinajstić information content (AvgIpc) is 3.33. The first-order valence-corrected chi connectivity index (χ1v) is 10.9. The fourth-order valence-electron chi connectivity index (χ4n) is 4.17. The summed E-state index contributed by atoms with van der Waals surface area (Å²) < 4.78 is 30.6. The van der Waals surface area contributed by atoms with Crippen molar-refractivity contribution in [2.75, 3.05) is 0 Å². The smallest absolute Gasteiger partial charge is 0.262 e. The minimum absolute atomic E-state index is 0.0282. The number of benzene rings is 1. The van der Waals surface area contributed by atoms with Crippen LogP contribution in [0, 0.1) is 11.6 Å². The monoisotopic (exact) mass is 441 g/mol. The second kappa shape index (κ2) is 7.97. The van der Waals surface area contributed by atoms with E-state index in [0.717, 1.165) is 52.2 Å². The van der Waals surface area contributed by atoms with E-state index in [9.17, 15) is 13.6 Å². The number of nitrogens with zero attached hydrogens (tertiary/aromatic N) is 4. The molecule has 1 aromatic carbocycles. The number of halogens is 2. The van der Waals surface area contributed by atoms with Crippen molar-refractivity contribution < 1.29 is 8.78 Å². The van der Waals surface area contributed by atoms with E-state index < -0.39 is 11.6 Å². The molecule has 3 aromatic heterocycles. The summed E-state index contributed by atoms with van der Waals surface area (Å²) >= 11 is 1.55. The molecular weight excluding hydrogens is 420 g/mol. The van der Waals surface area contributed by atoms with Crippen LogP contribution in [-0.4, -0.2) is 25.4 Å². The molecule has 1 N–H and O–H groups in total. The number of aryl methyl sites for hydroxylation is 2. The lowest BCUT2D eigenvalue weighted by Crippen LogP contribution is -2.34. The maximum absolute atomic E-state index is 13.9. The Morgan fingerprint density at radius 3 is 3.00 bits per heavy atom. The predicted octanol–water partition coefficient (Wildman–Crippen LogP) is 3.17. The largest absolute Gasteiger partial charge is 0.309 e. The molecule has 6 nitrogen and oxygen atoms in total. The van der Waals surface area contributed by atoms with Crippen molar-refractivity contribution in [2.24, 2.45) is 7.05 Å². The lowest BCUT2D eigenvalue weighted by atomic mass is 9.93. The van der Waals surface area contributed by atoms with Gasteiger partial charge in [0.15, 0.2) is 0 Å². The fraction of sp³-hybridized carbons (Fsp3) is 0.318. The highest BCUT2D eigenvalue weighted by molar-refractivity contribution is 7.18. The van der Waals surface area contributed by atoms with Crippen LogP contribution in [0.5, 0.6) is 0 Å². The van der Waals surface area contributed by atoms with Crippen LogP contribution >= 0.6 is 11.3 Å². The summed E-state index contributed by atoms with van der Waals surface area (Å²) in [7, 11) is 1.84. The predicted molar refractivity (Wildman–Crippen MR) is 115 cm³/mol. The summed E-state index contributed by atoms with van der Waals surface area (Å²) in [6, 6.07) is 3.64. The second-order valence-electron chi connectivity index (χ2n) is 7.94. The summed E-state index contributed by atoms with van der Waals surface area (Å²) in [5.41, 5.74) is 2.32. The van der Waals surface area contributed by atoms with Crippen LogP contribution in [0.15, 0.2) is 41.7 Å². The van der Waals surface area contributed by atoms with Crippen LogP contribution in [0.25, 0.3) is 10.2 Å². The summed E-state index contributed by atoms with van der Waals surface area (Å²) in [6.07, 6.45) is 7.56. The number of fused-ring (bicyclic) bond motifs is 3. The SMILES string of the molecule is Cn1cc(Cn2cnc3sc4c(c3c2=O)CCC(NCc2cc(F)ccc2F)C4)cn1. The molecule has 9 heteroatoms. The molecule has 4 aromatic rings. The molecule has 5 rings (SSSR count). The molecule has 160 valence electrons. The Morgan fingerprint density at radius 2 is 2.19 bits per heavy atom. The molecule has 0 saturated carbocycles. The second-order valence-corrected chi connectivity index (χ2v) is 9.02. The molecule has 0 fully saturated rings. The third-order valence-electron chi connectivity index (χ3n) is 5.74. The van der Waals surface area contributed by atoms with Gasteiger partial charge in [-0.3, -0.25) is 14.0 Å². The Kier molecular flexibility index (Phi) is 5.15. The van der Waals surface area contributed by atoms with Gasteiger partial charge in [0.25, 0.3) is 5.56 Å². The van der Waals surface area contributed by atoms with E-state index >= 15 is 0 Å². The first-order valence-electron chi connectivity index (χ1n) is 10.1. The van der Waals surface area contributed by atoms with Crippen LogP contribution in [0.4, 0.5) is 8.78 Å². The van der Waals surface area contributed by atoms with Crippen molar-refractivity contribution in [3.05, 3.63) is 80.5 Å². The van der Waals surface area contributed by atoms with Crippen LogP contribution in [-0.2, 0) is 33.0 Å². The van der Waals surface area contributed by atoms with Crippen molar-refractivity contribution in [3.8, 4) is 0 Å². The van der Waals surface area contributed by atoms with Crippen molar-refractivity contribution >= 4 is 21.6 Å². The minimum Gasteiger partial charge on any atom is -0.309 e. The van der Waals surface area contributed by atoms with Gasteiger partial charge in [-0.05, 0) is 43.0 Å². The zero-order valence-corrected chi connectivity index (χ0v) is 17.8. The molecule has 3 heterocycles. The number of hydrogen-bond acceptors (Lipinski definition) is 5. The van der Waals surface area contributed by atoms with Gasteiger partial charge in [0.2, 0.25) is 0 Å². The Hall–Kier alpha value is -2.91. The Bertz CT molecular complexity index is 1330. The van der Waals surface area contributed by atoms with Crippen molar-refractivity contribution in [1.29, 1.82) is 0 Å². The molecule has 0 aliphatic heterocycles. The Labute approximate surface area is 181 Å². The number of thiophene rings is 1. The average molecular weight is 442 g/mol. The topological polar surface area (TPSA) is 64.7 Å². The third-order valence-corrected chi connectivity index (χ3v) is 6.90. The Balaban J connectivity index is 1.36. The molecule has 31 heavy (non-hydrogen) atoms. The molecule has 0 amide bonds. The minimum atomic E-state index is -0.442. The maximum atomic E-state index is 13.9. The van der Waals surface area contributed by atoms with Gasteiger partial charge in [-0.15, -0.1) is 11.3 Å². The molecule has 0 spiro atoms. The summed E-state index contributed by atoms with van der Waals surface area (Å²) in [6.45, 7) is 0.703. The Morgan fingerprint density at radius 1 is 1.32 bits per heavy atom. The van der Waals surface area contributed by atoms with Gasteiger partial charge in [0.05, 0.1) is 24.5 Å². The van der Waals surface area contributed by atoms with Gasteiger partial charge in [0.1, 0.15) is 16.5 Å². The normalized spacial score (nSPS) is 16.0. The molecule has 0 saturated heterocycles. The van der Waals surface area contributed by atoms with Gasteiger partial charge in [-0.25, -0.2) is 13.8 Å². The number of aromatic nitrogens is 4. The quantitative estimate of drug-likeness (QED) is 0.517. The van der Waals surface area contributed by atoms with Crippen LogP contribution in [0.2, 0.25) is 0 Å². The molecule has 0 bridgehead atoms. The lowest BCUT2D eigenvalue weighted by molar-refractivity contribution is 0.454. The van der Waals surface area contributed by atoms with E-state index in [4.69, 9.17) is 0 Å².